The minimum absolute atomic E-state index is 0.131. The maximum Gasteiger partial charge on any atom is 0.122 e. The molecule has 0 heterocycles. The van der Waals surface area contributed by atoms with Crippen molar-refractivity contribution in [1.29, 1.82) is 0 Å². The molecule has 0 amide bonds. The molecule has 0 aliphatic rings. The molecule has 0 saturated heterocycles. The molecule has 96 valence electrons. The van der Waals surface area contributed by atoms with Crippen LogP contribution in [0.4, 0.5) is 0 Å². The highest BCUT2D eigenvalue weighted by molar-refractivity contribution is 5.43. The van der Waals surface area contributed by atoms with Crippen molar-refractivity contribution in [3.05, 3.63) is 28.8 Å². The average Bonchev–Trinajstić information content (AvgIpc) is 2.33. The minimum Gasteiger partial charge on any atom is -0.496 e. The highest BCUT2D eigenvalue weighted by Gasteiger charge is 2.20. The standard InChI is InChI=1S/C14H23NO2/c1-9-8-13(17-6)10(2)7-12(9)14(15-4)11(3)16-5/h7-8,11,14-15H,1-6H3. The van der Waals surface area contributed by atoms with Gasteiger partial charge in [0.15, 0.2) is 0 Å². The summed E-state index contributed by atoms with van der Waals surface area (Å²) in [7, 11) is 5.40. The molecule has 2 unspecified atom stereocenters. The Kier molecular flexibility index (Phi) is 4.97. The number of hydrogen-bond donors (Lipinski definition) is 1. The van der Waals surface area contributed by atoms with Crippen molar-refractivity contribution in [1.82, 2.24) is 5.32 Å². The second-order valence-corrected chi connectivity index (χ2v) is 4.39. The number of ether oxygens (including phenoxy) is 2. The van der Waals surface area contributed by atoms with Gasteiger partial charge in [-0.3, -0.25) is 0 Å². The van der Waals surface area contributed by atoms with Gasteiger partial charge in [-0.1, -0.05) is 6.07 Å². The van der Waals surface area contributed by atoms with Gasteiger partial charge in [0.25, 0.3) is 0 Å². The molecule has 3 heteroatoms. The van der Waals surface area contributed by atoms with Crippen LogP contribution in [0.3, 0.4) is 0 Å². The Labute approximate surface area is 104 Å². The molecule has 3 nitrogen and oxygen atoms in total. The van der Waals surface area contributed by atoms with E-state index < -0.39 is 0 Å². The summed E-state index contributed by atoms with van der Waals surface area (Å²) < 4.78 is 10.7. The van der Waals surface area contributed by atoms with E-state index in [9.17, 15) is 0 Å². The fraction of sp³-hybridized carbons (Fsp3) is 0.571. The Morgan fingerprint density at radius 1 is 1.12 bits per heavy atom. The molecule has 0 radical (unpaired) electrons. The highest BCUT2D eigenvalue weighted by Crippen LogP contribution is 2.28. The van der Waals surface area contributed by atoms with Crippen LogP contribution in [0.15, 0.2) is 12.1 Å². The van der Waals surface area contributed by atoms with Crippen LogP contribution in [-0.4, -0.2) is 27.4 Å². The van der Waals surface area contributed by atoms with E-state index in [0.717, 1.165) is 11.3 Å². The zero-order valence-electron chi connectivity index (χ0n) is 11.6. The molecule has 0 bridgehead atoms. The molecular formula is C14H23NO2. The van der Waals surface area contributed by atoms with E-state index in [1.165, 1.54) is 11.1 Å². The fourth-order valence-electron chi connectivity index (χ4n) is 2.15. The van der Waals surface area contributed by atoms with Crippen LogP contribution in [0.25, 0.3) is 0 Å². The zero-order valence-corrected chi connectivity index (χ0v) is 11.6. The van der Waals surface area contributed by atoms with E-state index >= 15 is 0 Å². The molecule has 0 aliphatic carbocycles. The normalized spacial score (nSPS) is 14.5. The predicted molar refractivity (Wildman–Crippen MR) is 70.7 cm³/mol. The number of benzene rings is 1. The quantitative estimate of drug-likeness (QED) is 0.854. The molecule has 2 atom stereocenters. The average molecular weight is 237 g/mol. The van der Waals surface area contributed by atoms with Crippen LogP contribution < -0.4 is 10.1 Å². The summed E-state index contributed by atoms with van der Waals surface area (Å²) in [5.74, 6) is 0.936. The molecule has 1 aromatic rings. The van der Waals surface area contributed by atoms with Crippen molar-refractivity contribution in [3.8, 4) is 5.75 Å². The lowest BCUT2D eigenvalue weighted by Gasteiger charge is -2.25. The van der Waals surface area contributed by atoms with Gasteiger partial charge in [0, 0.05) is 7.11 Å². The molecule has 1 aromatic carbocycles. The second kappa shape index (κ2) is 6.03. The van der Waals surface area contributed by atoms with E-state index in [2.05, 4.69) is 38.2 Å². The van der Waals surface area contributed by atoms with Gasteiger partial charge in [-0.05, 0) is 50.6 Å². The van der Waals surface area contributed by atoms with Gasteiger partial charge < -0.3 is 14.8 Å². The molecule has 0 aromatic heterocycles. The van der Waals surface area contributed by atoms with Gasteiger partial charge in [0.1, 0.15) is 5.75 Å². The van der Waals surface area contributed by atoms with Crippen LogP contribution >= 0.6 is 0 Å². The van der Waals surface area contributed by atoms with Crippen molar-refractivity contribution in [3.63, 3.8) is 0 Å². The van der Waals surface area contributed by atoms with Crippen LogP contribution in [-0.2, 0) is 4.74 Å². The van der Waals surface area contributed by atoms with E-state index in [0.29, 0.717) is 0 Å². The SMILES string of the molecule is CNC(c1cc(C)c(OC)cc1C)C(C)OC. The van der Waals surface area contributed by atoms with Gasteiger partial charge in [0.2, 0.25) is 0 Å². The van der Waals surface area contributed by atoms with Crippen molar-refractivity contribution in [2.24, 2.45) is 0 Å². The molecular weight excluding hydrogens is 214 g/mol. The lowest BCUT2D eigenvalue weighted by atomic mass is 9.95. The van der Waals surface area contributed by atoms with Crippen molar-refractivity contribution >= 4 is 0 Å². The van der Waals surface area contributed by atoms with Gasteiger partial charge >= 0.3 is 0 Å². The Balaban J connectivity index is 3.16. The topological polar surface area (TPSA) is 30.5 Å². The minimum atomic E-state index is 0.131. The predicted octanol–water partition coefficient (Wildman–Crippen LogP) is 2.61. The summed E-state index contributed by atoms with van der Waals surface area (Å²) >= 11 is 0. The third kappa shape index (κ3) is 2.99. The van der Waals surface area contributed by atoms with Crippen molar-refractivity contribution < 1.29 is 9.47 Å². The summed E-state index contributed by atoms with van der Waals surface area (Å²) in [5, 5.41) is 3.31. The Morgan fingerprint density at radius 3 is 2.24 bits per heavy atom. The van der Waals surface area contributed by atoms with Gasteiger partial charge in [-0.15, -0.1) is 0 Å². The zero-order chi connectivity index (χ0) is 13.0. The molecule has 17 heavy (non-hydrogen) atoms. The number of likely N-dealkylation sites (N-methyl/N-ethyl adjacent to an activating group) is 1. The maximum atomic E-state index is 5.42. The first-order chi connectivity index (χ1) is 8.04. The first kappa shape index (κ1) is 14.0. The van der Waals surface area contributed by atoms with Crippen LogP contribution in [0.1, 0.15) is 29.7 Å². The number of hydrogen-bond acceptors (Lipinski definition) is 3. The number of aryl methyl sites for hydroxylation is 2. The van der Waals surface area contributed by atoms with Gasteiger partial charge in [-0.25, -0.2) is 0 Å². The summed E-state index contributed by atoms with van der Waals surface area (Å²) in [6, 6.07) is 4.45. The smallest absolute Gasteiger partial charge is 0.122 e. The Bertz CT molecular complexity index is 377. The number of rotatable bonds is 5. The van der Waals surface area contributed by atoms with E-state index in [-0.39, 0.29) is 12.1 Å². The third-order valence-corrected chi connectivity index (χ3v) is 3.27. The fourth-order valence-corrected chi connectivity index (χ4v) is 2.15. The lowest BCUT2D eigenvalue weighted by Crippen LogP contribution is -2.29. The third-order valence-electron chi connectivity index (χ3n) is 3.27. The van der Waals surface area contributed by atoms with Crippen LogP contribution in [0, 0.1) is 13.8 Å². The number of methoxy groups -OCH3 is 2. The van der Waals surface area contributed by atoms with Gasteiger partial charge in [-0.2, -0.15) is 0 Å². The molecule has 0 spiro atoms. The molecule has 0 saturated carbocycles. The van der Waals surface area contributed by atoms with Crippen molar-refractivity contribution in [2.75, 3.05) is 21.3 Å². The van der Waals surface area contributed by atoms with E-state index in [1.807, 2.05) is 7.05 Å². The van der Waals surface area contributed by atoms with Crippen LogP contribution in [0.5, 0.6) is 5.75 Å². The highest BCUT2D eigenvalue weighted by atomic mass is 16.5. The second-order valence-electron chi connectivity index (χ2n) is 4.39. The first-order valence-electron chi connectivity index (χ1n) is 5.90. The monoisotopic (exact) mass is 237 g/mol. The summed E-state index contributed by atoms with van der Waals surface area (Å²) in [5.41, 5.74) is 3.63. The molecule has 1 N–H and O–H groups in total. The molecule has 1 rings (SSSR count). The van der Waals surface area contributed by atoms with Crippen molar-refractivity contribution in [2.45, 2.75) is 32.9 Å². The Morgan fingerprint density at radius 2 is 1.76 bits per heavy atom. The molecule has 0 fully saturated rings. The lowest BCUT2D eigenvalue weighted by molar-refractivity contribution is 0.0854. The number of nitrogens with one attached hydrogen (secondary N) is 1. The van der Waals surface area contributed by atoms with Gasteiger partial charge in [0.05, 0.1) is 19.3 Å². The maximum absolute atomic E-state index is 5.42. The largest absolute Gasteiger partial charge is 0.496 e. The Hall–Kier alpha value is -1.06. The van der Waals surface area contributed by atoms with Crippen LogP contribution in [0.2, 0.25) is 0 Å². The summed E-state index contributed by atoms with van der Waals surface area (Å²) in [6.07, 6.45) is 0.131. The summed E-state index contributed by atoms with van der Waals surface area (Å²) in [6.45, 7) is 6.23. The summed E-state index contributed by atoms with van der Waals surface area (Å²) in [4.78, 5) is 0. The van der Waals surface area contributed by atoms with E-state index in [1.54, 1.807) is 14.2 Å². The first-order valence-corrected chi connectivity index (χ1v) is 5.90. The molecule has 0 aliphatic heterocycles. The van der Waals surface area contributed by atoms with E-state index in [4.69, 9.17) is 9.47 Å².